The van der Waals surface area contributed by atoms with Crippen LogP contribution in [0.2, 0.25) is 5.02 Å². The number of hydrogen-bond donors (Lipinski definition) is 6. The number of nitrogens with one attached hydrogen (secondary N) is 4. The monoisotopic (exact) mass is 605 g/mol. The maximum absolute atomic E-state index is 13.4. The summed E-state index contributed by atoms with van der Waals surface area (Å²) in [5, 5.41) is 29.3. The van der Waals surface area contributed by atoms with Gasteiger partial charge in [0.2, 0.25) is 5.91 Å². The number of halogens is 5. The Bertz CT molecular complexity index is 1260. The molecule has 1 atom stereocenters. The number of benzene rings is 2. The lowest BCUT2D eigenvalue weighted by Crippen LogP contribution is -2.39. The molecule has 1 aliphatic heterocycles. The summed E-state index contributed by atoms with van der Waals surface area (Å²) < 4.78 is 40.4. The van der Waals surface area contributed by atoms with Crippen LogP contribution < -0.4 is 21.3 Å². The topological polar surface area (TPSA) is 152 Å². The summed E-state index contributed by atoms with van der Waals surface area (Å²) in [6.45, 7) is 0.276. The Hall–Kier alpha value is -3.52. The van der Waals surface area contributed by atoms with Crippen molar-refractivity contribution >= 4 is 57.0 Å². The van der Waals surface area contributed by atoms with Gasteiger partial charge in [-0.25, -0.2) is 0 Å². The standard InChI is InChI=1S/C22H20BrClF3N5O5/c23-14-7-15(24)13(6-17(14)33)16(8-19(35)36)32-18(34)9-30-20(37)10-3-11(22(25,26)27)5-12(4-10)31-21-28-1-2-29-21/h3-7,16,33H,1-2,8-9H2,(H,30,37)(H,32,34)(H,35,36)(H2,28,29,31). The van der Waals surface area contributed by atoms with Crippen molar-refractivity contribution in [2.75, 3.05) is 25.0 Å². The summed E-state index contributed by atoms with van der Waals surface area (Å²) in [6, 6.07) is 3.96. The molecule has 37 heavy (non-hydrogen) atoms. The molecule has 2 amide bonds. The van der Waals surface area contributed by atoms with Crippen molar-refractivity contribution in [1.82, 2.24) is 16.0 Å². The lowest BCUT2D eigenvalue weighted by atomic mass is 10.0. The van der Waals surface area contributed by atoms with Gasteiger partial charge in [0.1, 0.15) is 5.75 Å². The quantitative estimate of drug-likeness (QED) is 0.270. The van der Waals surface area contributed by atoms with Crippen LogP contribution in [0.5, 0.6) is 5.75 Å². The number of carboxylic acid groups (broad SMARTS) is 1. The molecule has 10 nitrogen and oxygen atoms in total. The van der Waals surface area contributed by atoms with Crippen molar-refractivity contribution in [2.24, 2.45) is 4.99 Å². The van der Waals surface area contributed by atoms with Crippen molar-refractivity contribution in [3.05, 3.63) is 56.5 Å². The Morgan fingerprint density at radius 3 is 2.54 bits per heavy atom. The second-order valence-electron chi connectivity index (χ2n) is 7.80. The van der Waals surface area contributed by atoms with E-state index >= 15 is 0 Å². The fraction of sp³-hybridized carbons (Fsp3) is 0.273. The summed E-state index contributed by atoms with van der Waals surface area (Å²) in [5.41, 5.74) is -1.38. The zero-order valence-electron chi connectivity index (χ0n) is 18.7. The molecule has 0 spiro atoms. The number of aliphatic carboxylic acids is 1. The number of anilines is 1. The first-order valence-electron chi connectivity index (χ1n) is 10.6. The number of guanidine groups is 1. The van der Waals surface area contributed by atoms with E-state index in [9.17, 15) is 37.8 Å². The normalized spacial score (nSPS) is 13.8. The summed E-state index contributed by atoms with van der Waals surface area (Å²) >= 11 is 9.20. The maximum Gasteiger partial charge on any atom is 0.416 e. The van der Waals surface area contributed by atoms with Gasteiger partial charge in [0.15, 0.2) is 5.96 Å². The number of aliphatic imine (C=N–C) groups is 1. The third kappa shape index (κ3) is 7.73. The zero-order chi connectivity index (χ0) is 27.3. The molecule has 15 heteroatoms. The van der Waals surface area contributed by atoms with E-state index in [0.29, 0.717) is 19.2 Å². The Labute approximate surface area is 221 Å². The van der Waals surface area contributed by atoms with Crippen LogP contribution in [0.3, 0.4) is 0 Å². The van der Waals surface area contributed by atoms with Gasteiger partial charge >= 0.3 is 12.1 Å². The molecule has 0 aromatic heterocycles. The summed E-state index contributed by atoms with van der Waals surface area (Å²) in [6.07, 6.45) is -5.34. The molecule has 0 saturated carbocycles. The molecule has 1 unspecified atom stereocenters. The minimum absolute atomic E-state index is 0.0382. The summed E-state index contributed by atoms with van der Waals surface area (Å²) in [5.74, 6) is -3.08. The lowest BCUT2D eigenvalue weighted by Gasteiger charge is -2.20. The molecule has 1 heterocycles. The molecule has 0 saturated heterocycles. The molecule has 2 aromatic rings. The zero-order valence-corrected chi connectivity index (χ0v) is 21.1. The SMILES string of the molecule is O=C(O)CC(NC(=O)CNC(=O)c1cc(NC2=NCCN2)cc(C(F)(F)F)c1)c1cc(O)c(Br)cc1Cl. The number of phenolic OH excluding ortho intramolecular Hbond substituents is 1. The second kappa shape index (κ2) is 11.7. The lowest BCUT2D eigenvalue weighted by molar-refractivity contribution is -0.138. The second-order valence-corrected chi connectivity index (χ2v) is 9.07. The smallest absolute Gasteiger partial charge is 0.416 e. The van der Waals surface area contributed by atoms with Gasteiger partial charge in [-0.05, 0) is 51.8 Å². The van der Waals surface area contributed by atoms with Crippen LogP contribution in [0.25, 0.3) is 0 Å². The number of alkyl halides is 3. The molecule has 0 bridgehead atoms. The average Bonchev–Trinajstić information content (AvgIpc) is 3.31. The Morgan fingerprint density at radius 1 is 1.19 bits per heavy atom. The fourth-order valence-electron chi connectivity index (χ4n) is 3.35. The molecule has 2 aromatic carbocycles. The molecule has 198 valence electrons. The fourth-order valence-corrected chi connectivity index (χ4v) is 4.13. The van der Waals surface area contributed by atoms with Crippen molar-refractivity contribution < 1.29 is 37.8 Å². The van der Waals surface area contributed by atoms with Crippen LogP contribution in [0, 0.1) is 0 Å². The van der Waals surface area contributed by atoms with Gasteiger partial charge in [-0.2, -0.15) is 13.2 Å². The number of carbonyl (C=O) groups is 3. The van der Waals surface area contributed by atoms with Crippen LogP contribution in [-0.4, -0.2) is 53.6 Å². The third-order valence-corrected chi connectivity index (χ3v) is 5.99. The highest BCUT2D eigenvalue weighted by molar-refractivity contribution is 9.10. The minimum atomic E-state index is -4.74. The predicted octanol–water partition coefficient (Wildman–Crippen LogP) is 3.26. The number of phenols is 1. The average molecular weight is 607 g/mol. The van der Waals surface area contributed by atoms with Crippen molar-refractivity contribution in [2.45, 2.75) is 18.6 Å². The van der Waals surface area contributed by atoms with Crippen LogP contribution in [0.1, 0.15) is 33.9 Å². The van der Waals surface area contributed by atoms with Crippen LogP contribution in [-0.2, 0) is 15.8 Å². The van der Waals surface area contributed by atoms with Crippen molar-refractivity contribution in [3.8, 4) is 5.75 Å². The number of rotatable bonds is 8. The van der Waals surface area contributed by atoms with E-state index in [1.165, 1.54) is 18.2 Å². The molecule has 3 rings (SSSR count). The van der Waals surface area contributed by atoms with E-state index in [-0.39, 0.29) is 38.0 Å². The minimum Gasteiger partial charge on any atom is -0.507 e. The largest absolute Gasteiger partial charge is 0.507 e. The highest BCUT2D eigenvalue weighted by Gasteiger charge is 2.32. The summed E-state index contributed by atoms with van der Waals surface area (Å²) in [4.78, 5) is 40.4. The number of hydrogen-bond acceptors (Lipinski definition) is 7. The van der Waals surface area contributed by atoms with E-state index in [0.717, 1.165) is 6.07 Å². The Morgan fingerprint density at radius 2 is 1.92 bits per heavy atom. The predicted molar refractivity (Wildman–Crippen MR) is 132 cm³/mol. The van der Waals surface area contributed by atoms with E-state index < -0.39 is 48.5 Å². The first-order valence-corrected chi connectivity index (χ1v) is 11.8. The van der Waals surface area contributed by atoms with Gasteiger partial charge in [0.05, 0.1) is 35.6 Å². The molecule has 0 fully saturated rings. The van der Waals surface area contributed by atoms with E-state index in [4.69, 9.17) is 11.6 Å². The molecule has 1 aliphatic rings. The molecular weight excluding hydrogens is 587 g/mol. The number of carbonyl (C=O) groups excluding carboxylic acids is 2. The van der Waals surface area contributed by atoms with Crippen LogP contribution >= 0.6 is 27.5 Å². The van der Waals surface area contributed by atoms with E-state index in [2.05, 4.69) is 42.2 Å². The highest BCUT2D eigenvalue weighted by Crippen LogP contribution is 2.35. The van der Waals surface area contributed by atoms with Crippen molar-refractivity contribution in [3.63, 3.8) is 0 Å². The van der Waals surface area contributed by atoms with Crippen LogP contribution in [0.15, 0.2) is 39.8 Å². The van der Waals surface area contributed by atoms with E-state index in [1.54, 1.807) is 0 Å². The van der Waals surface area contributed by atoms with Crippen molar-refractivity contribution in [1.29, 1.82) is 0 Å². The number of aromatic hydroxyl groups is 1. The third-order valence-electron chi connectivity index (χ3n) is 5.02. The van der Waals surface area contributed by atoms with Gasteiger partial charge in [0, 0.05) is 22.8 Å². The first-order chi connectivity index (χ1) is 17.3. The molecule has 0 aliphatic carbocycles. The van der Waals surface area contributed by atoms with E-state index in [1.807, 2.05) is 0 Å². The van der Waals surface area contributed by atoms with Gasteiger partial charge in [-0.15, -0.1) is 0 Å². The number of amides is 2. The number of nitrogens with zero attached hydrogens (tertiary/aromatic N) is 1. The Kier molecular flexibility index (Phi) is 8.86. The van der Waals surface area contributed by atoms with Gasteiger partial charge in [-0.3, -0.25) is 19.4 Å². The van der Waals surface area contributed by atoms with Gasteiger partial charge in [-0.1, -0.05) is 11.6 Å². The molecular formula is C22H20BrClF3N5O5. The maximum atomic E-state index is 13.4. The number of carboxylic acids is 1. The summed E-state index contributed by atoms with van der Waals surface area (Å²) in [7, 11) is 0. The van der Waals surface area contributed by atoms with Gasteiger partial charge in [0.25, 0.3) is 5.91 Å². The van der Waals surface area contributed by atoms with Crippen LogP contribution in [0.4, 0.5) is 18.9 Å². The molecule has 0 radical (unpaired) electrons. The Balaban J connectivity index is 1.73. The molecule has 6 N–H and O–H groups in total. The first kappa shape index (κ1) is 28.1. The van der Waals surface area contributed by atoms with Gasteiger partial charge < -0.3 is 31.5 Å². The highest BCUT2D eigenvalue weighted by atomic mass is 79.9.